The zero-order valence-electron chi connectivity index (χ0n) is 14.2. The molecule has 0 saturated carbocycles. The first-order valence-electron chi connectivity index (χ1n) is 8.02. The molecule has 25 heavy (non-hydrogen) atoms. The van der Waals surface area contributed by atoms with Crippen LogP contribution in [0.3, 0.4) is 0 Å². The van der Waals surface area contributed by atoms with Crippen molar-refractivity contribution in [3.63, 3.8) is 0 Å². The van der Waals surface area contributed by atoms with E-state index < -0.39 is 0 Å². The highest BCUT2D eigenvalue weighted by Gasteiger charge is 2.05. The van der Waals surface area contributed by atoms with Crippen LogP contribution < -0.4 is 10.6 Å². The number of H-pyrrole nitrogens is 1. The minimum Gasteiger partial charge on any atom is -0.385 e. The number of ether oxygens (including phenoxy) is 1. The van der Waals surface area contributed by atoms with Crippen molar-refractivity contribution in [2.45, 2.75) is 26.3 Å². The summed E-state index contributed by atoms with van der Waals surface area (Å²) < 4.78 is 10.2. The van der Waals surface area contributed by atoms with E-state index in [1.165, 1.54) is 0 Å². The Bertz CT molecular complexity index is 799. The maximum atomic E-state index is 5.15. The number of anilines is 3. The normalized spacial score (nSPS) is 10.8. The molecule has 3 aromatic heterocycles. The Balaban J connectivity index is 1.56. The van der Waals surface area contributed by atoms with Crippen LogP contribution in [-0.2, 0) is 17.7 Å². The van der Waals surface area contributed by atoms with Crippen LogP contribution in [0.2, 0.25) is 0 Å². The maximum Gasteiger partial charge on any atom is 0.224 e. The van der Waals surface area contributed by atoms with Gasteiger partial charge in [-0.1, -0.05) is 5.16 Å². The number of rotatable bonds is 9. The first kappa shape index (κ1) is 16.9. The number of hydrogen-bond donors (Lipinski definition) is 3. The fourth-order valence-electron chi connectivity index (χ4n) is 2.27. The minimum atomic E-state index is 0.470. The number of aromatic amines is 1. The molecular weight excluding hydrogens is 326 g/mol. The Morgan fingerprint density at radius 2 is 2.24 bits per heavy atom. The lowest BCUT2D eigenvalue weighted by molar-refractivity contribution is 0.195. The molecule has 0 aromatic carbocycles. The summed E-state index contributed by atoms with van der Waals surface area (Å²) >= 11 is 0. The molecule has 3 heterocycles. The van der Waals surface area contributed by atoms with E-state index in [1.807, 2.05) is 19.1 Å². The van der Waals surface area contributed by atoms with E-state index in [4.69, 9.17) is 9.26 Å². The Labute approximate surface area is 145 Å². The number of nitrogens with zero attached hydrogens (tertiary/aromatic N) is 4. The third kappa shape index (κ3) is 5.01. The van der Waals surface area contributed by atoms with Crippen molar-refractivity contribution in [2.75, 3.05) is 24.4 Å². The molecule has 0 unspecified atom stereocenters. The van der Waals surface area contributed by atoms with Gasteiger partial charge in [0.25, 0.3) is 0 Å². The highest BCUT2D eigenvalue weighted by molar-refractivity contribution is 5.52. The summed E-state index contributed by atoms with van der Waals surface area (Å²) in [6, 6.07) is 5.61. The van der Waals surface area contributed by atoms with Gasteiger partial charge in [0.2, 0.25) is 5.95 Å². The van der Waals surface area contributed by atoms with E-state index in [0.29, 0.717) is 18.3 Å². The smallest absolute Gasteiger partial charge is 0.224 e. The van der Waals surface area contributed by atoms with Gasteiger partial charge in [0.1, 0.15) is 11.6 Å². The monoisotopic (exact) mass is 347 g/mol. The van der Waals surface area contributed by atoms with Gasteiger partial charge in [-0.05, 0) is 25.8 Å². The van der Waals surface area contributed by atoms with Crippen molar-refractivity contribution in [3.8, 4) is 0 Å². The number of nitrogens with one attached hydrogen (secondary N) is 3. The average Bonchev–Trinajstić information content (AvgIpc) is 3.23. The summed E-state index contributed by atoms with van der Waals surface area (Å²) in [6.07, 6.45) is 3.47. The van der Waals surface area contributed by atoms with Crippen molar-refractivity contribution < 1.29 is 9.26 Å². The van der Waals surface area contributed by atoms with Crippen LogP contribution in [0.15, 0.2) is 28.9 Å². The third-order valence-electron chi connectivity index (χ3n) is 3.43. The Morgan fingerprint density at radius 1 is 1.32 bits per heavy atom. The van der Waals surface area contributed by atoms with Crippen molar-refractivity contribution in [2.24, 2.45) is 0 Å². The second kappa shape index (κ2) is 8.25. The van der Waals surface area contributed by atoms with Gasteiger partial charge >= 0.3 is 0 Å². The molecule has 0 atom stereocenters. The lowest BCUT2D eigenvalue weighted by Crippen LogP contribution is -2.04. The van der Waals surface area contributed by atoms with Crippen LogP contribution in [0.25, 0.3) is 0 Å². The molecule has 3 aromatic rings. The molecular formula is C16H21N7O2. The lowest BCUT2D eigenvalue weighted by Gasteiger charge is -2.05. The van der Waals surface area contributed by atoms with Gasteiger partial charge in [0.05, 0.1) is 17.9 Å². The summed E-state index contributed by atoms with van der Waals surface area (Å²) in [7, 11) is 1.70. The standard InChI is InChI=1S/C16H21N7O2/c1-11-8-13(25-23-11)10-18-16-17-6-5-14(20-16)19-15-9-12(21-22-15)4-3-7-24-2/h5-6,8-9H,3-4,7,10H2,1-2H3,(H3,17,18,19,20,21,22)/i17+1,18+1,19+1,20+1. The molecule has 9 heteroatoms. The quantitative estimate of drug-likeness (QED) is 0.399. The summed E-state index contributed by atoms with van der Waals surface area (Å²) in [5.41, 5.74) is 1.82. The predicted octanol–water partition coefficient (Wildman–Crippen LogP) is 2.43. The second-order valence-corrected chi connectivity index (χ2v) is 5.55. The average molecular weight is 347 g/mol. The highest BCUT2D eigenvalue weighted by atomic mass is 16.5. The van der Waals surface area contributed by atoms with Gasteiger partial charge in [-0.2, -0.15) is 10.1 Å². The van der Waals surface area contributed by atoms with Gasteiger partial charge in [0, 0.05) is 32.0 Å². The van der Waals surface area contributed by atoms with Crippen LogP contribution in [0.4, 0.5) is 17.6 Å². The molecule has 0 bridgehead atoms. The lowest BCUT2D eigenvalue weighted by atomic mass is 10.2. The van der Waals surface area contributed by atoms with Gasteiger partial charge in [-0.25, -0.2) is 4.98 Å². The van der Waals surface area contributed by atoms with E-state index in [2.05, 4.69) is 36.0 Å². The van der Waals surface area contributed by atoms with Crippen molar-refractivity contribution >= 4 is 17.6 Å². The number of aromatic nitrogens is 5. The second-order valence-electron chi connectivity index (χ2n) is 5.55. The molecule has 3 rings (SSSR count). The molecule has 0 fully saturated rings. The van der Waals surface area contributed by atoms with Crippen molar-refractivity contribution in [1.29, 1.82) is 0 Å². The molecule has 0 aliphatic rings. The molecule has 0 radical (unpaired) electrons. The van der Waals surface area contributed by atoms with Gasteiger partial charge < -0.3 is 19.9 Å². The van der Waals surface area contributed by atoms with Crippen LogP contribution in [-0.4, -0.2) is 39.0 Å². The Morgan fingerprint density at radius 3 is 3.04 bits per heavy atom. The summed E-state index contributed by atoms with van der Waals surface area (Å²) in [6.45, 7) is 3.07. The first-order chi connectivity index (χ1) is 12.2. The zero-order valence-corrected chi connectivity index (χ0v) is 14.2. The van der Waals surface area contributed by atoms with Gasteiger partial charge in [-0.3, -0.25) is 5.10 Å². The molecule has 3 N–H and O–H groups in total. The van der Waals surface area contributed by atoms with Crippen LogP contribution in [0, 0.1) is 6.92 Å². The molecule has 0 aliphatic carbocycles. The van der Waals surface area contributed by atoms with Crippen molar-refractivity contribution in [3.05, 3.63) is 41.5 Å². The Kier molecular flexibility index (Phi) is 5.57. The SMILES string of the molecule is COCCCc1cc([15NH]c2cc[15n]c([15NH]Cc3cc(C)no3)[15n]2)[nH]n1. The van der Waals surface area contributed by atoms with Crippen LogP contribution in [0.5, 0.6) is 0 Å². The number of methoxy groups -OCH3 is 1. The summed E-state index contributed by atoms with van der Waals surface area (Å²) in [4.78, 5) is 8.61. The van der Waals surface area contributed by atoms with Crippen LogP contribution >= 0.6 is 0 Å². The van der Waals surface area contributed by atoms with Gasteiger partial charge in [-0.15, -0.1) is 0 Å². The molecule has 9 nitrogen and oxygen atoms in total. The topological polar surface area (TPSA) is 114 Å². The van der Waals surface area contributed by atoms with E-state index in [0.717, 1.165) is 42.4 Å². The maximum absolute atomic E-state index is 5.15. The summed E-state index contributed by atoms with van der Waals surface area (Å²) in [5, 5.41) is 17.3. The van der Waals surface area contributed by atoms with Crippen LogP contribution in [0.1, 0.15) is 23.6 Å². The molecule has 0 spiro atoms. The van der Waals surface area contributed by atoms with E-state index in [1.54, 1.807) is 19.4 Å². The first-order valence-corrected chi connectivity index (χ1v) is 8.02. The summed E-state index contributed by atoms with van der Waals surface area (Å²) in [5.74, 6) is 2.67. The molecule has 0 aliphatic heterocycles. The largest absolute Gasteiger partial charge is 0.385 e. The zero-order chi connectivity index (χ0) is 17.5. The van der Waals surface area contributed by atoms with E-state index >= 15 is 0 Å². The third-order valence-corrected chi connectivity index (χ3v) is 3.43. The molecule has 132 valence electrons. The predicted molar refractivity (Wildman–Crippen MR) is 92.7 cm³/mol. The fraction of sp³-hybridized carbons (Fsp3) is 0.375. The molecule has 0 amide bonds. The van der Waals surface area contributed by atoms with Gasteiger partial charge in [0.15, 0.2) is 5.76 Å². The van der Waals surface area contributed by atoms with E-state index in [9.17, 15) is 0 Å². The minimum absolute atomic E-state index is 0.470. The Hall–Kier alpha value is -2.94. The van der Waals surface area contributed by atoms with Crippen molar-refractivity contribution in [1.82, 2.24) is 25.3 Å². The van der Waals surface area contributed by atoms with E-state index in [-0.39, 0.29) is 0 Å². The highest BCUT2D eigenvalue weighted by Crippen LogP contribution is 2.15. The number of aryl methyl sites for hydroxylation is 2. The number of hydrogen-bond acceptors (Lipinski definition) is 8. The molecule has 0 saturated heterocycles. The fourth-order valence-corrected chi connectivity index (χ4v) is 2.27.